The number of rotatable bonds is 5. The smallest absolute Gasteiger partial charge is 0.317 e. The lowest BCUT2D eigenvalue weighted by Gasteiger charge is -2.12. The number of halogens is 1. The van der Waals surface area contributed by atoms with Crippen LogP contribution in [0.5, 0.6) is 5.75 Å². The van der Waals surface area contributed by atoms with Gasteiger partial charge in [-0.2, -0.15) is 5.10 Å². The summed E-state index contributed by atoms with van der Waals surface area (Å²) >= 11 is 6.16. The lowest BCUT2D eigenvalue weighted by atomic mass is 10.0. The molecular weight excluding hydrogens is 400 g/mol. The number of aryl methyl sites for hydroxylation is 1. The molecule has 150 valence electrons. The number of carbonyl (C=O) groups is 1. The number of carbonyl (C=O) groups excluding carboxylic acids is 1. The van der Waals surface area contributed by atoms with E-state index in [0.717, 1.165) is 11.1 Å². The van der Waals surface area contributed by atoms with E-state index in [1.807, 2.05) is 36.4 Å². The molecular formula is C24H19ClN2O3. The largest absolute Gasteiger partial charge is 0.426 e. The molecule has 0 bridgehead atoms. The number of benzene rings is 3. The van der Waals surface area contributed by atoms with Gasteiger partial charge in [0.05, 0.1) is 17.5 Å². The van der Waals surface area contributed by atoms with Crippen LogP contribution in [0.2, 0.25) is 5.02 Å². The predicted octanol–water partition coefficient (Wildman–Crippen LogP) is 4.33. The molecule has 1 heterocycles. The fourth-order valence-electron chi connectivity index (χ4n) is 3.40. The fourth-order valence-corrected chi connectivity index (χ4v) is 3.60. The number of hydrogen-bond donors (Lipinski definition) is 0. The molecule has 0 saturated carbocycles. The first-order chi connectivity index (χ1) is 14.5. The lowest BCUT2D eigenvalue weighted by molar-refractivity contribution is -0.133. The molecule has 1 aromatic heterocycles. The molecule has 0 aliphatic heterocycles. The van der Waals surface area contributed by atoms with Crippen LogP contribution >= 0.6 is 11.6 Å². The maximum atomic E-state index is 12.7. The maximum Gasteiger partial charge on any atom is 0.317 e. The molecule has 0 unspecified atom stereocenters. The van der Waals surface area contributed by atoms with Crippen LogP contribution in [-0.4, -0.2) is 15.7 Å². The molecule has 4 aromatic rings. The van der Waals surface area contributed by atoms with Gasteiger partial charge < -0.3 is 4.74 Å². The van der Waals surface area contributed by atoms with Crippen molar-refractivity contribution in [3.8, 4) is 5.75 Å². The zero-order chi connectivity index (χ0) is 21.1. The Hall–Kier alpha value is -3.44. The van der Waals surface area contributed by atoms with Crippen LogP contribution in [0, 0.1) is 0 Å². The van der Waals surface area contributed by atoms with Crippen LogP contribution < -0.4 is 10.3 Å². The van der Waals surface area contributed by atoms with Crippen LogP contribution in [-0.2, 0) is 24.7 Å². The standard InChI is InChI=1S/C24H19ClN2O3/c1-27-24(29)20-10-6-5-9-19(20)21(26-27)15-23(28)30-22-12-11-18(25)14-17(22)13-16-7-3-2-4-8-16/h2-12,14H,13,15H2,1H3. The van der Waals surface area contributed by atoms with E-state index in [1.54, 1.807) is 43.4 Å². The number of esters is 1. The van der Waals surface area contributed by atoms with Crippen molar-refractivity contribution in [2.24, 2.45) is 7.05 Å². The van der Waals surface area contributed by atoms with Crippen molar-refractivity contribution in [3.05, 3.63) is 105 Å². The molecule has 0 atom stereocenters. The van der Waals surface area contributed by atoms with Crippen molar-refractivity contribution in [1.82, 2.24) is 9.78 Å². The Balaban J connectivity index is 1.61. The third-order valence-electron chi connectivity index (χ3n) is 4.83. The third kappa shape index (κ3) is 4.26. The number of aromatic nitrogens is 2. The summed E-state index contributed by atoms with van der Waals surface area (Å²) in [5.41, 5.74) is 2.20. The molecule has 4 rings (SSSR count). The topological polar surface area (TPSA) is 61.2 Å². The molecule has 0 fully saturated rings. The van der Waals surface area contributed by atoms with Crippen molar-refractivity contribution in [1.29, 1.82) is 0 Å². The van der Waals surface area contributed by atoms with E-state index < -0.39 is 5.97 Å². The maximum absolute atomic E-state index is 12.7. The van der Waals surface area contributed by atoms with Gasteiger partial charge in [0.15, 0.2) is 0 Å². The molecule has 6 heteroatoms. The van der Waals surface area contributed by atoms with Gasteiger partial charge in [0, 0.05) is 29.4 Å². The van der Waals surface area contributed by atoms with Gasteiger partial charge in [-0.15, -0.1) is 0 Å². The quantitative estimate of drug-likeness (QED) is 0.357. The summed E-state index contributed by atoms with van der Waals surface area (Å²) in [6.45, 7) is 0. The average molecular weight is 419 g/mol. The fraction of sp³-hybridized carbons (Fsp3) is 0.125. The van der Waals surface area contributed by atoms with Crippen LogP contribution in [0.1, 0.15) is 16.8 Å². The van der Waals surface area contributed by atoms with Gasteiger partial charge in [-0.1, -0.05) is 60.1 Å². The predicted molar refractivity (Wildman–Crippen MR) is 117 cm³/mol. The van der Waals surface area contributed by atoms with E-state index in [4.69, 9.17) is 16.3 Å². The average Bonchev–Trinajstić information content (AvgIpc) is 2.74. The third-order valence-corrected chi connectivity index (χ3v) is 5.06. The highest BCUT2D eigenvalue weighted by Gasteiger charge is 2.16. The second-order valence-corrected chi connectivity index (χ2v) is 7.42. The van der Waals surface area contributed by atoms with E-state index in [1.165, 1.54) is 4.68 Å². The van der Waals surface area contributed by atoms with Crippen molar-refractivity contribution in [3.63, 3.8) is 0 Å². The SMILES string of the molecule is Cn1nc(CC(=O)Oc2ccc(Cl)cc2Cc2ccccc2)c2ccccc2c1=O. The zero-order valence-corrected chi connectivity index (χ0v) is 17.1. The van der Waals surface area contributed by atoms with Gasteiger partial charge in [-0.3, -0.25) is 9.59 Å². The first kappa shape index (κ1) is 19.9. The molecule has 0 aliphatic carbocycles. The van der Waals surface area contributed by atoms with Crippen LogP contribution in [0.25, 0.3) is 10.8 Å². The highest BCUT2D eigenvalue weighted by atomic mass is 35.5. The van der Waals surface area contributed by atoms with Crippen molar-refractivity contribution in [2.45, 2.75) is 12.8 Å². The Labute approximate surface area is 178 Å². The first-order valence-corrected chi connectivity index (χ1v) is 9.87. The molecule has 30 heavy (non-hydrogen) atoms. The zero-order valence-electron chi connectivity index (χ0n) is 16.3. The Bertz CT molecular complexity index is 1280. The second-order valence-electron chi connectivity index (χ2n) is 6.99. The van der Waals surface area contributed by atoms with E-state index >= 15 is 0 Å². The van der Waals surface area contributed by atoms with Gasteiger partial charge in [0.1, 0.15) is 5.75 Å². The second kappa shape index (κ2) is 8.51. The van der Waals surface area contributed by atoms with Gasteiger partial charge in [-0.25, -0.2) is 4.68 Å². The Morgan fingerprint density at radius 1 is 1.00 bits per heavy atom. The summed E-state index contributed by atoms with van der Waals surface area (Å²) in [6, 6.07) is 22.2. The van der Waals surface area contributed by atoms with Gasteiger partial charge in [0.25, 0.3) is 5.56 Å². The van der Waals surface area contributed by atoms with Crippen LogP contribution in [0.15, 0.2) is 77.6 Å². The molecule has 3 aromatic carbocycles. The van der Waals surface area contributed by atoms with Gasteiger partial charge >= 0.3 is 5.97 Å². The minimum Gasteiger partial charge on any atom is -0.426 e. The van der Waals surface area contributed by atoms with Crippen LogP contribution in [0.4, 0.5) is 0 Å². The lowest BCUT2D eigenvalue weighted by Crippen LogP contribution is -2.23. The minimum absolute atomic E-state index is 0.0535. The van der Waals surface area contributed by atoms with Gasteiger partial charge in [-0.05, 0) is 29.8 Å². The van der Waals surface area contributed by atoms with Crippen molar-refractivity contribution >= 4 is 28.3 Å². The molecule has 0 amide bonds. The highest BCUT2D eigenvalue weighted by Crippen LogP contribution is 2.26. The summed E-state index contributed by atoms with van der Waals surface area (Å²) in [6.07, 6.45) is 0.535. The number of nitrogens with zero attached hydrogens (tertiary/aromatic N) is 2. The molecule has 5 nitrogen and oxygen atoms in total. The van der Waals surface area contributed by atoms with E-state index in [0.29, 0.717) is 33.7 Å². The van der Waals surface area contributed by atoms with E-state index in [-0.39, 0.29) is 12.0 Å². The Morgan fingerprint density at radius 3 is 2.47 bits per heavy atom. The molecule has 0 spiro atoms. The van der Waals surface area contributed by atoms with Gasteiger partial charge in [0.2, 0.25) is 0 Å². The van der Waals surface area contributed by atoms with Crippen molar-refractivity contribution in [2.75, 3.05) is 0 Å². The summed E-state index contributed by atoms with van der Waals surface area (Å²) in [4.78, 5) is 25.0. The van der Waals surface area contributed by atoms with E-state index in [9.17, 15) is 9.59 Å². The summed E-state index contributed by atoms with van der Waals surface area (Å²) in [5, 5.41) is 6.02. The molecule has 0 aliphatic rings. The minimum atomic E-state index is -0.456. The first-order valence-electron chi connectivity index (χ1n) is 9.49. The summed E-state index contributed by atoms with van der Waals surface area (Å²) in [5.74, 6) is 0.00492. The normalized spacial score (nSPS) is 10.9. The monoisotopic (exact) mass is 418 g/mol. The summed E-state index contributed by atoms with van der Waals surface area (Å²) < 4.78 is 6.91. The number of fused-ring (bicyclic) bond motifs is 1. The highest BCUT2D eigenvalue weighted by molar-refractivity contribution is 6.30. The summed E-state index contributed by atoms with van der Waals surface area (Å²) in [7, 11) is 1.57. The Morgan fingerprint density at radius 2 is 1.70 bits per heavy atom. The number of ether oxygens (including phenoxy) is 1. The van der Waals surface area contributed by atoms with E-state index in [2.05, 4.69) is 5.10 Å². The molecule has 0 radical (unpaired) electrons. The van der Waals surface area contributed by atoms with Crippen LogP contribution in [0.3, 0.4) is 0 Å². The number of hydrogen-bond acceptors (Lipinski definition) is 4. The molecule has 0 saturated heterocycles. The Kier molecular flexibility index (Phi) is 5.63. The van der Waals surface area contributed by atoms with Crippen molar-refractivity contribution < 1.29 is 9.53 Å². The molecule has 0 N–H and O–H groups in total.